The van der Waals surface area contributed by atoms with E-state index in [-0.39, 0.29) is 11.5 Å². The molecule has 0 fully saturated rings. The van der Waals surface area contributed by atoms with Gasteiger partial charge < -0.3 is 5.73 Å². The molecule has 1 nitrogen and oxygen atoms in total. The monoisotopic (exact) mass is 255 g/mol. The molecule has 1 unspecified atom stereocenters. The molecule has 0 heterocycles. The van der Waals surface area contributed by atoms with Gasteiger partial charge >= 0.3 is 0 Å². The summed E-state index contributed by atoms with van der Waals surface area (Å²) in [4.78, 5) is 0. The van der Waals surface area contributed by atoms with Crippen LogP contribution in [0, 0.1) is 12.3 Å². The SMILES string of the molecule is Cc1ccc(Br)cc1C(N)C(C)(C)C. The van der Waals surface area contributed by atoms with Crippen molar-refractivity contribution >= 4 is 15.9 Å². The molecule has 0 spiro atoms. The Morgan fingerprint density at radius 3 is 2.36 bits per heavy atom. The molecule has 0 aliphatic rings. The predicted molar refractivity (Wildman–Crippen MR) is 65.3 cm³/mol. The Balaban J connectivity index is 3.12. The molecule has 0 saturated carbocycles. The molecule has 78 valence electrons. The van der Waals surface area contributed by atoms with Gasteiger partial charge in [0.05, 0.1) is 0 Å². The first kappa shape index (κ1) is 11.7. The minimum atomic E-state index is 0.0833. The number of nitrogens with two attached hydrogens (primary N) is 1. The van der Waals surface area contributed by atoms with Crippen LogP contribution in [0.25, 0.3) is 0 Å². The van der Waals surface area contributed by atoms with Crippen LogP contribution >= 0.6 is 15.9 Å². The van der Waals surface area contributed by atoms with Gasteiger partial charge in [-0.15, -0.1) is 0 Å². The zero-order valence-electron chi connectivity index (χ0n) is 9.26. The van der Waals surface area contributed by atoms with Crippen molar-refractivity contribution in [1.82, 2.24) is 0 Å². The Kier molecular flexibility index (Phi) is 3.38. The lowest BCUT2D eigenvalue weighted by atomic mass is 9.81. The smallest absolute Gasteiger partial charge is 0.0347 e. The first-order valence-electron chi connectivity index (χ1n) is 4.84. The van der Waals surface area contributed by atoms with Gasteiger partial charge in [-0.2, -0.15) is 0 Å². The third-order valence-corrected chi connectivity index (χ3v) is 3.00. The fourth-order valence-corrected chi connectivity index (χ4v) is 1.79. The molecule has 0 aliphatic heterocycles. The molecule has 0 radical (unpaired) electrons. The van der Waals surface area contributed by atoms with E-state index in [0.717, 1.165) is 4.47 Å². The molecule has 0 amide bonds. The van der Waals surface area contributed by atoms with Gasteiger partial charge in [0, 0.05) is 10.5 Å². The average Bonchev–Trinajstić information content (AvgIpc) is 2.06. The van der Waals surface area contributed by atoms with Gasteiger partial charge in [0.25, 0.3) is 0 Å². The predicted octanol–water partition coefficient (Wildman–Crippen LogP) is 3.80. The van der Waals surface area contributed by atoms with E-state index in [0.29, 0.717) is 0 Å². The van der Waals surface area contributed by atoms with E-state index in [1.165, 1.54) is 11.1 Å². The van der Waals surface area contributed by atoms with Crippen LogP contribution in [0.1, 0.15) is 37.9 Å². The van der Waals surface area contributed by atoms with Gasteiger partial charge in [0.15, 0.2) is 0 Å². The molecule has 1 rings (SSSR count). The topological polar surface area (TPSA) is 26.0 Å². The van der Waals surface area contributed by atoms with E-state index in [4.69, 9.17) is 5.73 Å². The maximum atomic E-state index is 6.22. The molecule has 1 atom stereocenters. The lowest BCUT2D eigenvalue weighted by Gasteiger charge is -2.28. The molecule has 2 heteroatoms. The van der Waals surface area contributed by atoms with E-state index in [9.17, 15) is 0 Å². The van der Waals surface area contributed by atoms with Gasteiger partial charge in [-0.05, 0) is 35.6 Å². The summed E-state index contributed by atoms with van der Waals surface area (Å²) in [5, 5.41) is 0. The standard InChI is InChI=1S/C12H18BrN/c1-8-5-6-9(13)7-10(8)11(14)12(2,3)4/h5-7,11H,14H2,1-4H3. The highest BCUT2D eigenvalue weighted by molar-refractivity contribution is 9.10. The van der Waals surface area contributed by atoms with E-state index >= 15 is 0 Å². The number of halogens is 1. The Morgan fingerprint density at radius 1 is 1.29 bits per heavy atom. The molecule has 0 bridgehead atoms. The minimum Gasteiger partial charge on any atom is -0.324 e. The summed E-state index contributed by atoms with van der Waals surface area (Å²) in [6, 6.07) is 6.35. The Bertz CT molecular complexity index is 326. The van der Waals surface area contributed by atoms with Gasteiger partial charge in [0.2, 0.25) is 0 Å². The molecular formula is C12H18BrN. The van der Waals surface area contributed by atoms with Crippen molar-refractivity contribution in [1.29, 1.82) is 0 Å². The molecule has 14 heavy (non-hydrogen) atoms. The van der Waals surface area contributed by atoms with E-state index < -0.39 is 0 Å². The van der Waals surface area contributed by atoms with Crippen LogP contribution in [0.15, 0.2) is 22.7 Å². The average molecular weight is 256 g/mol. The van der Waals surface area contributed by atoms with Crippen LogP contribution < -0.4 is 5.73 Å². The highest BCUT2D eigenvalue weighted by Gasteiger charge is 2.23. The lowest BCUT2D eigenvalue weighted by molar-refractivity contribution is 0.326. The van der Waals surface area contributed by atoms with E-state index in [1.807, 2.05) is 6.07 Å². The first-order chi connectivity index (χ1) is 6.32. The molecule has 0 aromatic heterocycles. The quantitative estimate of drug-likeness (QED) is 0.812. The molecule has 1 aromatic rings. The maximum Gasteiger partial charge on any atom is 0.0347 e. The number of aryl methyl sites for hydroxylation is 1. The van der Waals surface area contributed by atoms with Crippen LogP contribution in [0.3, 0.4) is 0 Å². The molecular weight excluding hydrogens is 238 g/mol. The van der Waals surface area contributed by atoms with Crippen LogP contribution in [-0.2, 0) is 0 Å². The zero-order chi connectivity index (χ0) is 10.9. The summed E-state index contributed by atoms with van der Waals surface area (Å²) in [7, 11) is 0. The second kappa shape index (κ2) is 4.03. The third-order valence-electron chi connectivity index (χ3n) is 2.51. The van der Waals surface area contributed by atoms with Crippen molar-refractivity contribution in [2.45, 2.75) is 33.7 Å². The number of benzene rings is 1. The van der Waals surface area contributed by atoms with Gasteiger partial charge in [-0.25, -0.2) is 0 Å². The van der Waals surface area contributed by atoms with Gasteiger partial charge in [-0.3, -0.25) is 0 Å². The Morgan fingerprint density at radius 2 is 1.86 bits per heavy atom. The summed E-state index contributed by atoms with van der Waals surface area (Å²) in [6.45, 7) is 8.60. The second-order valence-corrected chi connectivity index (χ2v) is 5.76. The number of hydrogen-bond donors (Lipinski definition) is 1. The zero-order valence-corrected chi connectivity index (χ0v) is 10.9. The fourth-order valence-electron chi connectivity index (χ4n) is 1.41. The second-order valence-electron chi connectivity index (χ2n) is 4.84. The summed E-state index contributed by atoms with van der Waals surface area (Å²) >= 11 is 3.48. The summed E-state index contributed by atoms with van der Waals surface area (Å²) in [6.07, 6.45) is 0. The summed E-state index contributed by atoms with van der Waals surface area (Å²) in [5.74, 6) is 0. The van der Waals surface area contributed by atoms with Crippen molar-refractivity contribution in [3.05, 3.63) is 33.8 Å². The molecule has 0 saturated heterocycles. The van der Waals surface area contributed by atoms with E-state index in [2.05, 4.69) is 55.8 Å². The van der Waals surface area contributed by atoms with Crippen LogP contribution in [0.5, 0.6) is 0 Å². The fraction of sp³-hybridized carbons (Fsp3) is 0.500. The first-order valence-corrected chi connectivity index (χ1v) is 5.63. The van der Waals surface area contributed by atoms with Gasteiger partial charge in [-0.1, -0.05) is 42.8 Å². The van der Waals surface area contributed by atoms with Crippen molar-refractivity contribution in [3.63, 3.8) is 0 Å². The lowest BCUT2D eigenvalue weighted by Crippen LogP contribution is -2.26. The summed E-state index contributed by atoms with van der Waals surface area (Å²) < 4.78 is 1.10. The van der Waals surface area contributed by atoms with Crippen molar-refractivity contribution < 1.29 is 0 Å². The summed E-state index contributed by atoms with van der Waals surface area (Å²) in [5.41, 5.74) is 8.81. The van der Waals surface area contributed by atoms with Crippen molar-refractivity contribution in [2.24, 2.45) is 11.1 Å². The molecule has 1 aromatic carbocycles. The van der Waals surface area contributed by atoms with Crippen molar-refractivity contribution in [3.8, 4) is 0 Å². The normalized spacial score (nSPS) is 14.1. The van der Waals surface area contributed by atoms with Crippen LogP contribution in [0.4, 0.5) is 0 Å². The minimum absolute atomic E-state index is 0.0833. The highest BCUT2D eigenvalue weighted by atomic mass is 79.9. The van der Waals surface area contributed by atoms with Crippen molar-refractivity contribution in [2.75, 3.05) is 0 Å². The number of hydrogen-bond acceptors (Lipinski definition) is 1. The highest BCUT2D eigenvalue weighted by Crippen LogP contribution is 2.33. The molecule has 0 aliphatic carbocycles. The van der Waals surface area contributed by atoms with Gasteiger partial charge in [0.1, 0.15) is 0 Å². The maximum absolute atomic E-state index is 6.22. The number of rotatable bonds is 1. The Hall–Kier alpha value is -0.340. The van der Waals surface area contributed by atoms with Crippen LogP contribution in [-0.4, -0.2) is 0 Å². The largest absolute Gasteiger partial charge is 0.324 e. The molecule has 2 N–H and O–H groups in total. The Labute approximate surface area is 94.8 Å². The third kappa shape index (κ3) is 2.58. The van der Waals surface area contributed by atoms with E-state index in [1.54, 1.807) is 0 Å². The van der Waals surface area contributed by atoms with Crippen LogP contribution in [0.2, 0.25) is 0 Å².